The minimum atomic E-state index is 0.0128. The minimum Gasteiger partial charge on any atom is -0.247 e. The Kier molecular flexibility index (Phi) is 5.61. The highest BCUT2D eigenvalue weighted by molar-refractivity contribution is 5.32. The van der Waals surface area contributed by atoms with Gasteiger partial charge in [0.2, 0.25) is 0 Å². The number of hydrogen-bond donors (Lipinski definition) is 1. The number of aromatic nitrogens is 2. The van der Waals surface area contributed by atoms with Crippen LogP contribution in [0.3, 0.4) is 0 Å². The summed E-state index contributed by atoms with van der Waals surface area (Å²) in [6, 6.07) is 22.3. The number of rotatable bonds is 7. The van der Waals surface area contributed by atoms with Crippen LogP contribution in [0.25, 0.3) is 0 Å². The summed E-state index contributed by atoms with van der Waals surface area (Å²) < 4.78 is 2.39. The Morgan fingerprint density at radius 3 is 2.15 bits per heavy atom. The summed E-state index contributed by atoms with van der Waals surface area (Å²) in [6.45, 7) is 9.24. The van der Waals surface area contributed by atoms with Crippen LogP contribution in [0.1, 0.15) is 63.0 Å². The second-order valence-electron chi connectivity index (χ2n) is 7.75. The molecule has 0 bridgehead atoms. The van der Waals surface area contributed by atoms with Gasteiger partial charge in [0.05, 0.1) is 12.0 Å². The summed E-state index contributed by atoms with van der Waals surface area (Å²) in [5.41, 5.74) is 2.80. The first kappa shape index (κ1) is 18.4. The van der Waals surface area contributed by atoms with Crippen molar-refractivity contribution in [1.29, 1.82) is 0 Å². The normalized spacial score (nSPS) is 15.0. The molecular formula is C24H31N2+. The predicted molar refractivity (Wildman–Crippen MR) is 108 cm³/mol. The first-order chi connectivity index (χ1) is 12.6. The molecule has 0 aliphatic carbocycles. The molecule has 2 unspecified atom stereocenters. The van der Waals surface area contributed by atoms with Crippen LogP contribution < -0.4 is 4.57 Å². The minimum absolute atomic E-state index is 0.0128. The van der Waals surface area contributed by atoms with E-state index in [1.807, 2.05) is 0 Å². The largest absolute Gasteiger partial charge is 0.258 e. The lowest BCUT2D eigenvalue weighted by atomic mass is 9.66. The molecule has 0 saturated heterocycles. The van der Waals surface area contributed by atoms with Gasteiger partial charge in [-0.2, -0.15) is 0 Å². The number of nitrogens with one attached hydrogen (secondary N) is 1. The lowest BCUT2D eigenvalue weighted by Gasteiger charge is -2.36. The number of nitrogens with zero attached hydrogens (tertiary/aromatic N) is 1. The van der Waals surface area contributed by atoms with E-state index in [4.69, 9.17) is 0 Å². The molecule has 0 saturated carbocycles. The number of hydrogen-bond acceptors (Lipinski definition) is 0. The van der Waals surface area contributed by atoms with Gasteiger partial charge in [0.1, 0.15) is 12.4 Å². The first-order valence-corrected chi connectivity index (χ1v) is 9.74. The maximum atomic E-state index is 3.56. The summed E-state index contributed by atoms with van der Waals surface area (Å²) in [5.74, 6) is 1.73. The van der Waals surface area contributed by atoms with Crippen LogP contribution in [-0.2, 0) is 11.8 Å². The Morgan fingerprint density at radius 2 is 1.58 bits per heavy atom. The number of aromatic amines is 1. The lowest BCUT2D eigenvalue weighted by molar-refractivity contribution is -0.723. The predicted octanol–water partition coefficient (Wildman–Crippen LogP) is 5.58. The fraction of sp³-hybridized carbons (Fsp3) is 0.375. The Labute approximate surface area is 157 Å². The molecule has 1 N–H and O–H groups in total. The molecule has 0 aliphatic rings. The molecule has 1 aromatic heterocycles. The number of benzene rings is 2. The average Bonchev–Trinajstić information content (AvgIpc) is 3.13. The zero-order valence-corrected chi connectivity index (χ0v) is 16.4. The van der Waals surface area contributed by atoms with E-state index in [0.717, 1.165) is 12.8 Å². The Balaban J connectivity index is 2.11. The van der Waals surface area contributed by atoms with Crippen molar-refractivity contribution in [3.8, 4) is 0 Å². The molecule has 2 atom stereocenters. The topological polar surface area (TPSA) is 19.7 Å². The average molecular weight is 348 g/mol. The van der Waals surface area contributed by atoms with Crippen molar-refractivity contribution in [1.82, 2.24) is 4.98 Å². The fourth-order valence-corrected chi connectivity index (χ4v) is 4.30. The summed E-state index contributed by atoms with van der Waals surface area (Å²) in [6.07, 6.45) is 6.36. The van der Waals surface area contributed by atoms with Crippen molar-refractivity contribution in [2.75, 3.05) is 0 Å². The Bertz CT molecular complexity index is 804. The SMILES string of the molecule is CCC(c1[nH]cc[n+]1C(C)C)C(C)(Cc1ccccc1)c1ccccc1. The standard InChI is InChI=1S/C24H30N2/c1-5-22(23-25-16-17-26(23)19(2)3)24(4,21-14-10-7-11-15-21)18-20-12-8-6-9-13-20/h6-17,19,22H,5,18H2,1-4H3/p+1. The van der Waals surface area contributed by atoms with Gasteiger partial charge < -0.3 is 0 Å². The van der Waals surface area contributed by atoms with Crippen LogP contribution in [0, 0.1) is 0 Å². The maximum absolute atomic E-state index is 3.56. The first-order valence-electron chi connectivity index (χ1n) is 9.74. The zero-order valence-electron chi connectivity index (χ0n) is 16.4. The third kappa shape index (κ3) is 3.60. The molecular weight excluding hydrogens is 316 g/mol. The third-order valence-electron chi connectivity index (χ3n) is 5.66. The highest BCUT2D eigenvalue weighted by Crippen LogP contribution is 2.42. The Hall–Kier alpha value is -2.35. The van der Waals surface area contributed by atoms with Crippen LogP contribution in [-0.4, -0.2) is 4.98 Å². The van der Waals surface area contributed by atoms with Gasteiger partial charge in [0.15, 0.2) is 0 Å². The molecule has 0 fully saturated rings. The molecule has 1 heterocycles. The molecule has 136 valence electrons. The van der Waals surface area contributed by atoms with E-state index in [1.165, 1.54) is 17.0 Å². The van der Waals surface area contributed by atoms with E-state index in [1.54, 1.807) is 0 Å². The fourth-order valence-electron chi connectivity index (χ4n) is 4.30. The van der Waals surface area contributed by atoms with E-state index in [-0.39, 0.29) is 5.41 Å². The molecule has 2 aromatic carbocycles. The number of imidazole rings is 1. The van der Waals surface area contributed by atoms with Gasteiger partial charge in [-0.25, -0.2) is 9.55 Å². The van der Waals surface area contributed by atoms with Gasteiger partial charge in [0, 0.05) is 5.41 Å². The highest BCUT2D eigenvalue weighted by Gasteiger charge is 2.41. The van der Waals surface area contributed by atoms with Crippen LogP contribution in [0.15, 0.2) is 73.1 Å². The van der Waals surface area contributed by atoms with E-state index in [2.05, 4.69) is 110 Å². The smallest absolute Gasteiger partial charge is 0.247 e. The van der Waals surface area contributed by atoms with Gasteiger partial charge in [-0.05, 0) is 37.8 Å². The van der Waals surface area contributed by atoms with Crippen molar-refractivity contribution in [3.63, 3.8) is 0 Å². The second kappa shape index (κ2) is 7.90. The summed E-state index contributed by atoms with van der Waals surface area (Å²) >= 11 is 0. The number of H-pyrrole nitrogens is 1. The third-order valence-corrected chi connectivity index (χ3v) is 5.66. The highest BCUT2D eigenvalue weighted by atomic mass is 15.1. The lowest BCUT2D eigenvalue weighted by Crippen LogP contribution is -2.44. The van der Waals surface area contributed by atoms with E-state index in [9.17, 15) is 0 Å². The van der Waals surface area contributed by atoms with Crippen molar-refractivity contribution in [2.45, 2.75) is 57.9 Å². The quantitative estimate of drug-likeness (QED) is 0.539. The molecule has 2 nitrogen and oxygen atoms in total. The summed E-state index contributed by atoms with van der Waals surface area (Å²) in [7, 11) is 0. The molecule has 3 aromatic rings. The Morgan fingerprint density at radius 1 is 0.962 bits per heavy atom. The van der Waals surface area contributed by atoms with Gasteiger partial charge in [-0.1, -0.05) is 74.5 Å². The van der Waals surface area contributed by atoms with Crippen LogP contribution >= 0.6 is 0 Å². The molecule has 0 radical (unpaired) electrons. The van der Waals surface area contributed by atoms with Gasteiger partial charge >= 0.3 is 0 Å². The molecule has 0 spiro atoms. The molecule has 0 aliphatic heterocycles. The van der Waals surface area contributed by atoms with E-state index >= 15 is 0 Å². The summed E-state index contributed by atoms with van der Waals surface area (Å²) in [5, 5.41) is 0. The van der Waals surface area contributed by atoms with Crippen LogP contribution in [0.4, 0.5) is 0 Å². The van der Waals surface area contributed by atoms with Crippen molar-refractivity contribution in [2.24, 2.45) is 0 Å². The zero-order chi connectivity index (χ0) is 18.6. The van der Waals surface area contributed by atoms with Crippen molar-refractivity contribution < 1.29 is 4.57 Å². The van der Waals surface area contributed by atoms with Gasteiger partial charge in [-0.3, -0.25) is 0 Å². The van der Waals surface area contributed by atoms with E-state index < -0.39 is 0 Å². The maximum Gasteiger partial charge on any atom is 0.258 e. The summed E-state index contributed by atoms with van der Waals surface area (Å²) in [4.78, 5) is 3.56. The monoisotopic (exact) mass is 347 g/mol. The molecule has 0 amide bonds. The van der Waals surface area contributed by atoms with Gasteiger partial charge in [0.25, 0.3) is 5.82 Å². The van der Waals surface area contributed by atoms with E-state index in [0.29, 0.717) is 12.0 Å². The van der Waals surface area contributed by atoms with Crippen LogP contribution in [0.2, 0.25) is 0 Å². The van der Waals surface area contributed by atoms with Gasteiger partial charge in [-0.15, -0.1) is 0 Å². The molecule has 3 rings (SSSR count). The van der Waals surface area contributed by atoms with Crippen LogP contribution in [0.5, 0.6) is 0 Å². The molecule has 26 heavy (non-hydrogen) atoms. The second-order valence-corrected chi connectivity index (χ2v) is 7.75. The van der Waals surface area contributed by atoms with Crippen molar-refractivity contribution >= 4 is 0 Å². The molecule has 2 heteroatoms. The van der Waals surface area contributed by atoms with Crippen molar-refractivity contribution in [3.05, 3.63) is 90.0 Å².